The molecule has 9 heteroatoms. The van der Waals surface area contributed by atoms with Crippen molar-refractivity contribution in [1.82, 2.24) is 19.7 Å². The summed E-state index contributed by atoms with van der Waals surface area (Å²) < 4.78 is 12.2. The third-order valence-electron chi connectivity index (χ3n) is 4.54. The number of carbonyl (C=O) groups excluding carboxylic acids is 1. The zero-order chi connectivity index (χ0) is 21.1. The Morgan fingerprint density at radius 3 is 2.70 bits per heavy atom. The number of para-hydroxylation sites is 1. The van der Waals surface area contributed by atoms with Crippen LogP contribution >= 0.6 is 11.6 Å². The SMILES string of the molecule is Cn1c(CCC(=O)OCc2nnc(-c3ccc(Cl)cc3)o2)nc2ccccc2c1=O. The van der Waals surface area contributed by atoms with Crippen molar-refractivity contribution in [3.63, 3.8) is 0 Å². The van der Waals surface area contributed by atoms with Crippen LogP contribution in [0, 0.1) is 0 Å². The lowest BCUT2D eigenvalue weighted by atomic mass is 10.2. The Balaban J connectivity index is 1.36. The average Bonchev–Trinajstić information content (AvgIpc) is 3.23. The molecule has 0 spiro atoms. The summed E-state index contributed by atoms with van der Waals surface area (Å²) in [4.78, 5) is 29.0. The fraction of sp³-hybridized carbons (Fsp3) is 0.190. The van der Waals surface area contributed by atoms with Gasteiger partial charge in [0.15, 0.2) is 6.61 Å². The molecule has 2 aromatic heterocycles. The summed E-state index contributed by atoms with van der Waals surface area (Å²) in [5.74, 6) is 0.555. The van der Waals surface area contributed by atoms with Gasteiger partial charge in [-0.05, 0) is 36.4 Å². The Bertz CT molecular complexity index is 1260. The van der Waals surface area contributed by atoms with Gasteiger partial charge in [-0.1, -0.05) is 23.7 Å². The van der Waals surface area contributed by atoms with Gasteiger partial charge in [-0.15, -0.1) is 10.2 Å². The monoisotopic (exact) mass is 424 g/mol. The average molecular weight is 425 g/mol. The van der Waals surface area contributed by atoms with Crippen LogP contribution in [0.3, 0.4) is 0 Å². The quantitative estimate of drug-likeness (QED) is 0.437. The maximum Gasteiger partial charge on any atom is 0.306 e. The van der Waals surface area contributed by atoms with Gasteiger partial charge in [0.25, 0.3) is 11.4 Å². The topological polar surface area (TPSA) is 100 Å². The fourth-order valence-electron chi connectivity index (χ4n) is 2.94. The van der Waals surface area contributed by atoms with Gasteiger partial charge in [-0.25, -0.2) is 4.98 Å². The molecule has 2 aromatic carbocycles. The molecule has 8 nitrogen and oxygen atoms in total. The number of hydrogen-bond acceptors (Lipinski definition) is 7. The molecule has 0 unspecified atom stereocenters. The molecule has 0 saturated carbocycles. The van der Waals surface area contributed by atoms with E-state index in [0.717, 1.165) is 0 Å². The maximum atomic E-state index is 12.4. The normalized spacial score (nSPS) is 11.0. The Morgan fingerprint density at radius 2 is 1.90 bits per heavy atom. The molecule has 2 heterocycles. The zero-order valence-electron chi connectivity index (χ0n) is 16.0. The lowest BCUT2D eigenvalue weighted by molar-refractivity contribution is -0.145. The Labute approximate surface area is 176 Å². The van der Waals surface area contributed by atoms with Crippen molar-refractivity contribution in [2.75, 3.05) is 0 Å². The molecule has 0 saturated heterocycles. The molecule has 30 heavy (non-hydrogen) atoms. The summed E-state index contributed by atoms with van der Waals surface area (Å²) in [6.07, 6.45) is 0.339. The molecule has 4 aromatic rings. The van der Waals surface area contributed by atoms with Gasteiger partial charge >= 0.3 is 5.97 Å². The number of aromatic nitrogens is 4. The summed E-state index contributed by atoms with van der Waals surface area (Å²) in [6, 6.07) is 14.1. The first-order valence-electron chi connectivity index (χ1n) is 9.20. The van der Waals surface area contributed by atoms with Gasteiger partial charge in [0.2, 0.25) is 5.89 Å². The van der Waals surface area contributed by atoms with Gasteiger partial charge in [-0.3, -0.25) is 14.2 Å². The predicted octanol–water partition coefficient (Wildman–Crippen LogP) is 3.31. The highest BCUT2D eigenvalue weighted by atomic mass is 35.5. The predicted molar refractivity (Wildman–Crippen MR) is 110 cm³/mol. The number of hydrogen-bond donors (Lipinski definition) is 0. The number of nitrogens with zero attached hydrogens (tertiary/aromatic N) is 4. The van der Waals surface area contributed by atoms with Crippen LogP contribution in [0.2, 0.25) is 5.02 Å². The molecule has 0 aliphatic carbocycles. The molecule has 0 atom stereocenters. The van der Waals surface area contributed by atoms with Crippen LogP contribution in [0.4, 0.5) is 0 Å². The number of carbonyl (C=O) groups is 1. The fourth-order valence-corrected chi connectivity index (χ4v) is 3.06. The number of aryl methyl sites for hydroxylation is 1. The summed E-state index contributed by atoms with van der Waals surface area (Å²) in [7, 11) is 1.64. The number of rotatable bonds is 6. The van der Waals surface area contributed by atoms with Crippen LogP contribution < -0.4 is 5.56 Å². The third kappa shape index (κ3) is 4.23. The number of esters is 1. The van der Waals surface area contributed by atoms with Crippen LogP contribution in [0.25, 0.3) is 22.4 Å². The molecule has 0 N–H and O–H groups in total. The lowest BCUT2D eigenvalue weighted by Crippen LogP contribution is -2.23. The van der Waals surface area contributed by atoms with E-state index < -0.39 is 5.97 Å². The third-order valence-corrected chi connectivity index (χ3v) is 4.80. The molecular weight excluding hydrogens is 408 g/mol. The Kier molecular flexibility index (Phi) is 5.58. The van der Waals surface area contributed by atoms with Gasteiger partial charge in [-0.2, -0.15) is 0 Å². The molecule has 0 fully saturated rings. The van der Waals surface area contributed by atoms with E-state index in [1.165, 1.54) is 4.57 Å². The second kappa shape index (κ2) is 8.46. The minimum atomic E-state index is -0.455. The standard InChI is InChI=1S/C21H17ClN4O4/c1-26-17(23-16-5-3-2-4-15(16)21(26)28)10-11-19(27)29-12-18-24-25-20(30-18)13-6-8-14(22)9-7-13/h2-9H,10-12H2,1H3. The summed E-state index contributed by atoms with van der Waals surface area (Å²) in [6.45, 7) is -0.135. The number of ether oxygens (including phenoxy) is 1. The zero-order valence-corrected chi connectivity index (χ0v) is 16.8. The van der Waals surface area contributed by atoms with E-state index in [9.17, 15) is 9.59 Å². The van der Waals surface area contributed by atoms with Crippen LogP contribution in [0.15, 0.2) is 57.7 Å². The first kappa shape index (κ1) is 19.8. The molecule has 4 rings (SSSR count). The van der Waals surface area contributed by atoms with E-state index in [0.29, 0.717) is 33.2 Å². The van der Waals surface area contributed by atoms with E-state index in [2.05, 4.69) is 15.2 Å². The van der Waals surface area contributed by atoms with Gasteiger partial charge in [0, 0.05) is 24.1 Å². The van der Waals surface area contributed by atoms with E-state index in [4.69, 9.17) is 20.8 Å². The maximum absolute atomic E-state index is 12.4. The second-order valence-corrected chi connectivity index (χ2v) is 7.01. The molecule has 0 amide bonds. The van der Waals surface area contributed by atoms with E-state index in [1.54, 1.807) is 49.5 Å². The highest BCUT2D eigenvalue weighted by molar-refractivity contribution is 6.30. The first-order valence-corrected chi connectivity index (χ1v) is 9.57. The van der Waals surface area contributed by atoms with Crippen molar-refractivity contribution in [2.45, 2.75) is 19.4 Å². The van der Waals surface area contributed by atoms with Crippen LogP contribution in [-0.2, 0) is 29.6 Å². The summed E-state index contributed by atoms with van der Waals surface area (Å²) in [5, 5.41) is 8.96. The summed E-state index contributed by atoms with van der Waals surface area (Å²) in [5.41, 5.74) is 1.17. The van der Waals surface area contributed by atoms with Gasteiger partial charge < -0.3 is 9.15 Å². The van der Waals surface area contributed by atoms with Crippen molar-refractivity contribution < 1.29 is 13.9 Å². The van der Waals surface area contributed by atoms with Crippen molar-refractivity contribution in [3.8, 4) is 11.5 Å². The largest absolute Gasteiger partial charge is 0.456 e. The van der Waals surface area contributed by atoms with E-state index in [-0.39, 0.29) is 30.9 Å². The minimum Gasteiger partial charge on any atom is -0.456 e. The van der Waals surface area contributed by atoms with E-state index >= 15 is 0 Å². The molecular formula is C21H17ClN4O4. The van der Waals surface area contributed by atoms with Crippen LogP contribution in [-0.4, -0.2) is 25.7 Å². The van der Waals surface area contributed by atoms with Crippen molar-refractivity contribution in [1.29, 1.82) is 0 Å². The molecule has 0 radical (unpaired) electrons. The lowest BCUT2D eigenvalue weighted by Gasteiger charge is -2.08. The van der Waals surface area contributed by atoms with E-state index in [1.807, 2.05) is 6.07 Å². The molecule has 0 aliphatic rings. The number of benzene rings is 2. The molecule has 0 aliphatic heterocycles. The van der Waals surface area contributed by atoms with Crippen molar-refractivity contribution >= 4 is 28.5 Å². The van der Waals surface area contributed by atoms with Crippen LogP contribution in [0.1, 0.15) is 18.1 Å². The van der Waals surface area contributed by atoms with Crippen molar-refractivity contribution in [3.05, 3.63) is 75.6 Å². The number of halogens is 1. The highest BCUT2D eigenvalue weighted by Crippen LogP contribution is 2.20. The van der Waals surface area contributed by atoms with Gasteiger partial charge in [0.1, 0.15) is 5.82 Å². The smallest absolute Gasteiger partial charge is 0.306 e. The molecule has 152 valence electrons. The summed E-state index contributed by atoms with van der Waals surface area (Å²) >= 11 is 5.86. The molecule has 0 bridgehead atoms. The minimum absolute atomic E-state index is 0.0663. The highest BCUT2D eigenvalue weighted by Gasteiger charge is 2.13. The first-order chi connectivity index (χ1) is 14.5. The Hall–Kier alpha value is -3.52. The second-order valence-electron chi connectivity index (χ2n) is 6.58. The number of fused-ring (bicyclic) bond motifs is 1. The Morgan fingerprint density at radius 1 is 1.13 bits per heavy atom. The van der Waals surface area contributed by atoms with Gasteiger partial charge in [0.05, 0.1) is 17.3 Å². The van der Waals surface area contributed by atoms with Crippen molar-refractivity contribution in [2.24, 2.45) is 7.05 Å². The van der Waals surface area contributed by atoms with Crippen LogP contribution in [0.5, 0.6) is 0 Å².